The van der Waals surface area contributed by atoms with Crippen LogP contribution in [-0.4, -0.2) is 9.97 Å². The molecule has 0 fully saturated rings. The molecular formula is C16H12IrN2. The van der Waals surface area contributed by atoms with Crippen LogP contribution in [0.5, 0.6) is 0 Å². The first-order valence-corrected chi connectivity index (χ1v) is 8.54. The van der Waals surface area contributed by atoms with Gasteiger partial charge >= 0.3 is 119 Å². The molecule has 0 aliphatic heterocycles. The summed E-state index contributed by atoms with van der Waals surface area (Å²) >= 11 is -0.364. The van der Waals surface area contributed by atoms with Gasteiger partial charge in [-0.1, -0.05) is 0 Å². The molecule has 0 unspecified atom stereocenters. The third-order valence-corrected chi connectivity index (χ3v) is 6.41. The van der Waals surface area contributed by atoms with E-state index < -0.39 is 0 Å². The first-order valence-electron chi connectivity index (χ1n) is 6.14. The van der Waals surface area contributed by atoms with Gasteiger partial charge in [0.25, 0.3) is 0 Å². The van der Waals surface area contributed by atoms with Gasteiger partial charge in [0.1, 0.15) is 0 Å². The van der Waals surface area contributed by atoms with Crippen molar-refractivity contribution >= 4 is 30.0 Å². The zero-order valence-corrected chi connectivity index (χ0v) is 12.5. The van der Waals surface area contributed by atoms with Crippen LogP contribution in [0.3, 0.4) is 0 Å². The van der Waals surface area contributed by atoms with Crippen molar-refractivity contribution in [2.24, 2.45) is 0 Å². The van der Waals surface area contributed by atoms with Gasteiger partial charge in [-0.25, -0.2) is 0 Å². The number of hydrogen-bond acceptors (Lipinski definition) is 0. The van der Waals surface area contributed by atoms with Crippen molar-refractivity contribution in [1.82, 2.24) is 9.97 Å². The molecule has 0 amide bonds. The van der Waals surface area contributed by atoms with Crippen LogP contribution in [0.15, 0.2) is 60.9 Å². The topological polar surface area (TPSA) is 31.6 Å². The average Bonchev–Trinajstić information content (AvgIpc) is 3.05. The molecule has 0 spiro atoms. The second kappa shape index (κ2) is 4.37. The van der Waals surface area contributed by atoms with Crippen LogP contribution < -0.4 is 8.42 Å². The van der Waals surface area contributed by atoms with E-state index in [2.05, 4.69) is 70.9 Å². The van der Waals surface area contributed by atoms with Gasteiger partial charge < -0.3 is 0 Å². The molecule has 0 aliphatic rings. The van der Waals surface area contributed by atoms with Gasteiger partial charge in [-0.05, 0) is 0 Å². The molecule has 0 aliphatic carbocycles. The normalized spacial score (nSPS) is 11.6. The second-order valence-corrected chi connectivity index (χ2v) is 7.41. The van der Waals surface area contributed by atoms with E-state index in [1.807, 2.05) is 0 Å². The first kappa shape index (κ1) is 11.0. The number of benzene rings is 2. The maximum absolute atomic E-state index is 3.45. The summed E-state index contributed by atoms with van der Waals surface area (Å²) in [4.78, 5) is 6.90. The Hall–Kier alpha value is -1.83. The van der Waals surface area contributed by atoms with Crippen LogP contribution in [0, 0.1) is 0 Å². The van der Waals surface area contributed by atoms with Crippen molar-refractivity contribution in [1.29, 1.82) is 0 Å². The van der Waals surface area contributed by atoms with Crippen molar-refractivity contribution in [2.75, 3.05) is 0 Å². The minimum atomic E-state index is -0.364. The molecule has 4 aromatic rings. The summed E-state index contributed by atoms with van der Waals surface area (Å²) in [6.45, 7) is 0. The molecule has 3 heteroatoms. The Balaban J connectivity index is 1.82. The molecule has 2 aromatic carbocycles. The second-order valence-electron chi connectivity index (χ2n) is 4.42. The van der Waals surface area contributed by atoms with Gasteiger partial charge in [0.2, 0.25) is 0 Å². The quantitative estimate of drug-likeness (QED) is 0.496. The molecule has 95 valence electrons. The molecule has 0 saturated carbocycles. The van der Waals surface area contributed by atoms with Gasteiger partial charge in [-0.2, -0.15) is 0 Å². The maximum atomic E-state index is 3.45. The summed E-state index contributed by atoms with van der Waals surface area (Å²) in [5.41, 5.74) is 0. The Labute approximate surface area is 118 Å². The number of aromatic nitrogens is 2. The van der Waals surface area contributed by atoms with Crippen molar-refractivity contribution < 1.29 is 17.7 Å². The van der Waals surface area contributed by atoms with Gasteiger partial charge in [0.05, 0.1) is 0 Å². The first-order chi connectivity index (χ1) is 9.42. The number of nitrogens with one attached hydrogen (secondary N) is 2. The Morgan fingerprint density at radius 1 is 0.632 bits per heavy atom. The average molecular weight is 425 g/mol. The standard InChI is InChI=1S/2C8H6N.Ir/c2*1-2-4-8-6-9-5-7(8)3-1;/h2*1-5,9H;. The minimum absolute atomic E-state index is 0.364. The van der Waals surface area contributed by atoms with Gasteiger partial charge in [-0.15, -0.1) is 0 Å². The number of hydrogen-bond donors (Lipinski definition) is 2. The van der Waals surface area contributed by atoms with E-state index in [0.717, 1.165) is 0 Å². The van der Waals surface area contributed by atoms with Crippen LogP contribution in [0.4, 0.5) is 0 Å². The van der Waals surface area contributed by atoms with E-state index >= 15 is 0 Å². The predicted octanol–water partition coefficient (Wildman–Crippen LogP) is 2.68. The Morgan fingerprint density at radius 2 is 1.11 bits per heavy atom. The molecule has 2 nitrogen and oxygen atoms in total. The summed E-state index contributed by atoms with van der Waals surface area (Å²) in [5.74, 6) is 0. The van der Waals surface area contributed by atoms with Crippen LogP contribution in [0.2, 0.25) is 0 Å². The molecule has 0 bridgehead atoms. The van der Waals surface area contributed by atoms with E-state index in [1.54, 1.807) is 0 Å². The monoisotopic (exact) mass is 425 g/mol. The fourth-order valence-electron chi connectivity index (χ4n) is 2.28. The fraction of sp³-hybridized carbons (Fsp3) is 0. The van der Waals surface area contributed by atoms with Crippen LogP contribution in [0.25, 0.3) is 21.5 Å². The van der Waals surface area contributed by atoms with E-state index in [4.69, 9.17) is 0 Å². The number of H-pyrrole nitrogens is 2. The summed E-state index contributed by atoms with van der Waals surface area (Å²) in [6, 6.07) is 17.1. The van der Waals surface area contributed by atoms with Gasteiger partial charge in [0, 0.05) is 0 Å². The summed E-state index contributed by atoms with van der Waals surface area (Å²) < 4.78 is 2.78. The third-order valence-electron chi connectivity index (χ3n) is 3.23. The number of rotatable bonds is 2. The fourth-order valence-corrected chi connectivity index (χ4v) is 5.30. The van der Waals surface area contributed by atoms with Crippen molar-refractivity contribution in [3.8, 4) is 0 Å². The molecule has 0 radical (unpaired) electrons. The molecule has 2 heterocycles. The predicted molar refractivity (Wildman–Crippen MR) is 75.9 cm³/mol. The molecule has 0 saturated heterocycles. The third kappa shape index (κ3) is 1.83. The van der Waals surface area contributed by atoms with Crippen molar-refractivity contribution in [3.05, 3.63) is 60.9 Å². The van der Waals surface area contributed by atoms with E-state index in [-0.39, 0.29) is 17.7 Å². The molecule has 19 heavy (non-hydrogen) atoms. The summed E-state index contributed by atoms with van der Waals surface area (Å²) in [5, 5.41) is 5.33. The number of fused-ring (bicyclic) bond motifs is 2. The van der Waals surface area contributed by atoms with Crippen LogP contribution in [0.1, 0.15) is 0 Å². The van der Waals surface area contributed by atoms with Crippen LogP contribution in [-0.2, 0) is 17.7 Å². The Morgan fingerprint density at radius 3 is 1.63 bits per heavy atom. The molecule has 2 aromatic heterocycles. The summed E-state index contributed by atoms with van der Waals surface area (Å²) in [7, 11) is 0. The zero-order valence-electron chi connectivity index (χ0n) is 10.1. The zero-order chi connectivity index (χ0) is 12.7. The van der Waals surface area contributed by atoms with E-state index in [0.29, 0.717) is 0 Å². The van der Waals surface area contributed by atoms with Gasteiger partial charge in [0.15, 0.2) is 0 Å². The Bertz CT molecular complexity index is 785. The molecule has 4 rings (SSSR count). The number of aromatic amines is 2. The molecule has 2 N–H and O–H groups in total. The SMILES string of the molecule is c1ccc2[c]([Ir][c]3[nH]cc4ccccc34)[nH]cc2c1. The van der Waals surface area contributed by atoms with Crippen molar-refractivity contribution in [2.45, 2.75) is 0 Å². The van der Waals surface area contributed by atoms with Gasteiger partial charge in [-0.3, -0.25) is 0 Å². The molecule has 0 atom stereocenters. The van der Waals surface area contributed by atoms with E-state index in [1.165, 1.54) is 30.0 Å². The van der Waals surface area contributed by atoms with Crippen molar-refractivity contribution in [3.63, 3.8) is 0 Å². The Kier molecular flexibility index (Phi) is 2.54. The summed E-state index contributed by atoms with van der Waals surface area (Å²) in [6.07, 6.45) is 4.22. The molecular weight excluding hydrogens is 412 g/mol. The van der Waals surface area contributed by atoms with E-state index in [9.17, 15) is 0 Å². The van der Waals surface area contributed by atoms with Crippen LogP contribution >= 0.6 is 0 Å².